The van der Waals surface area contributed by atoms with Gasteiger partial charge in [-0.25, -0.2) is 0 Å². The quantitative estimate of drug-likeness (QED) is 0.539. The van der Waals surface area contributed by atoms with Gasteiger partial charge in [0.25, 0.3) is 0 Å². The van der Waals surface area contributed by atoms with Crippen LogP contribution in [-0.2, 0) is 4.79 Å². The molecule has 3 aromatic carbocycles. The third-order valence-electron chi connectivity index (χ3n) is 4.69. The van der Waals surface area contributed by atoms with E-state index in [0.29, 0.717) is 19.4 Å². The first-order valence-electron chi connectivity index (χ1n) is 9.72. The van der Waals surface area contributed by atoms with Crippen molar-refractivity contribution in [3.8, 4) is 5.75 Å². The first-order chi connectivity index (χ1) is 13.6. The summed E-state index contributed by atoms with van der Waals surface area (Å²) in [5.74, 6) is 0.870. The zero-order valence-corrected chi connectivity index (χ0v) is 16.5. The van der Waals surface area contributed by atoms with Gasteiger partial charge in [0.15, 0.2) is 0 Å². The number of carbonyl (C=O) groups is 1. The van der Waals surface area contributed by atoms with Crippen molar-refractivity contribution in [2.24, 2.45) is 0 Å². The maximum Gasteiger partial charge on any atom is 0.220 e. The number of hydrogen-bond donors (Lipinski definition) is 1. The third kappa shape index (κ3) is 5.71. The van der Waals surface area contributed by atoms with Crippen molar-refractivity contribution in [3.05, 3.63) is 101 Å². The van der Waals surface area contributed by atoms with Crippen LogP contribution in [0.15, 0.2) is 78.9 Å². The van der Waals surface area contributed by atoms with Crippen LogP contribution in [0.5, 0.6) is 5.75 Å². The molecule has 0 aromatic heterocycles. The van der Waals surface area contributed by atoms with E-state index in [-0.39, 0.29) is 11.9 Å². The number of carbonyl (C=O) groups excluding carboxylic acids is 1. The fraction of sp³-hybridized carbons (Fsp3) is 0.240. The van der Waals surface area contributed by atoms with E-state index in [0.717, 1.165) is 16.9 Å². The van der Waals surface area contributed by atoms with Crippen LogP contribution in [0.2, 0.25) is 0 Å². The maximum atomic E-state index is 12.6. The van der Waals surface area contributed by atoms with Crippen LogP contribution in [0.4, 0.5) is 0 Å². The lowest BCUT2D eigenvalue weighted by Gasteiger charge is -2.20. The monoisotopic (exact) mass is 373 g/mol. The number of hydrogen-bond acceptors (Lipinski definition) is 2. The highest BCUT2D eigenvalue weighted by atomic mass is 16.5. The summed E-state index contributed by atoms with van der Waals surface area (Å²) in [6.07, 6.45) is 1.11. The molecule has 1 amide bonds. The molecule has 144 valence electrons. The van der Waals surface area contributed by atoms with E-state index in [1.807, 2.05) is 61.5 Å². The van der Waals surface area contributed by atoms with Crippen molar-refractivity contribution in [2.45, 2.75) is 32.7 Å². The second-order valence-corrected chi connectivity index (χ2v) is 7.09. The molecule has 0 heterocycles. The number of nitrogens with one attached hydrogen (secondary N) is 1. The molecule has 0 spiro atoms. The van der Waals surface area contributed by atoms with Crippen LogP contribution < -0.4 is 10.1 Å². The Balaban J connectivity index is 1.56. The van der Waals surface area contributed by atoms with E-state index in [2.05, 4.69) is 36.5 Å². The van der Waals surface area contributed by atoms with Crippen LogP contribution in [-0.4, -0.2) is 12.5 Å². The van der Waals surface area contributed by atoms with E-state index in [9.17, 15) is 4.79 Å². The Labute approximate surface area is 167 Å². The van der Waals surface area contributed by atoms with Gasteiger partial charge in [0.2, 0.25) is 5.91 Å². The van der Waals surface area contributed by atoms with Gasteiger partial charge in [-0.05, 0) is 43.5 Å². The molecule has 0 saturated carbocycles. The van der Waals surface area contributed by atoms with Gasteiger partial charge in [0.1, 0.15) is 5.75 Å². The molecule has 0 unspecified atom stereocenters. The lowest BCUT2D eigenvalue weighted by atomic mass is 9.97. The predicted octanol–water partition coefficient (Wildman–Crippen LogP) is 5.37. The molecule has 3 nitrogen and oxygen atoms in total. The van der Waals surface area contributed by atoms with Crippen molar-refractivity contribution in [3.63, 3.8) is 0 Å². The lowest BCUT2D eigenvalue weighted by molar-refractivity contribution is -0.121. The molecule has 0 bridgehead atoms. The molecular formula is C25H27NO2. The van der Waals surface area contributed by atoms with Gasteiger partial charge in [-0.1, -0.05) is 77.9 Å². The minimum Gasteiger partial charge on any atom is -0.494 e. The van der Waals surface area contributed by atoms with Gasteiger partial charge in [0, 0.05) is 6.42 Å². The molecule has 1 N–H and O–H groups in total. The highest BCUT2D eigenvalue weighted by Gasteiger charge is 2.16. The highest BCUT2D eigenvalue weighted by molar-refractivity contribution is 5.77. The van der Waals surface area contributed by atoms with E-state index in [1.165, 1.54) is 11.1 Å². The molecule has 3 aromatic rings. The number of aryl methyl sites for hydroxylation is 2. The summed E-state index contributed by atoms with van der Waals surface area (Å²) in [6.45, 7) is 4.64. The van der Waals surface area contributed by atoms with Gasteiger partial charge in [-0.3, -0.25) is 4.79 Å². The molecule has 0 aliphatic heterocycles. The summed E-state index contributed by atoms with van der Waals surface area (Å²) in [5, 5.41) is 3.18. The molecule has 3 heteroatoms. The molecule has 0 radical (unpaired) electrons. The third-order valence-corrected chi connectivity index (χ3v) is 4.69. The first-order valence-corrected chi connectivity index (χ1v) is 9.72. The first kappa shape index (κ1) is 19.7. The summed E-state index contributed by atoms with van der Waals surface area (Å²) < 4.78 is 5.72. The van der Waals surface area contributed by atoms with Crippen molar-refractivity contribution in [1.29, 1.82) is 0 Å². The van der Waals surface area contributed by atoms with Gasteiger partial charge < -0.3 is 10.1 Å². The minimum atomic E-state index is -0.146. The number of benzene rings is 3. The average molecular weight is 373 g/mol. The van der Waals surface area contributed by atoms with Crippen molar-refractivity contribution < 1.29 is 9.53 Å². The Hall–Kier alpha value is -3.07. The fourth-order valence-corrected chi connectivity index (χ4v) is 3.05. The zero-order chi connectivity index (χ0) is 19.8. The Morgan fingerprint density at radius 1 is 0.821 bits per heavy atom. The van der Waals surface area contributed by atoms with Gasteiger partial charge >= 0.3 is 0 Å². The van der Waals surface area contributed by atoms with Crippen molar-refractivity contribution in [2.75, 3.05) is 6.61 Å². The van der Waals surface area contributed by atoms with Crippen LogP contribution >= 0.6 is 0 Å². The van der Waals surface area contributed by atoms with Gasteiger partial charge in [-0.2, -0.15) is 0 Å². The van der Waals surface area contributed by atoms with Crippen LogP contribution in [0.25, 0.3) is 0 Å². The van der Waals surface area contributed by atoms with Crippen molar-refractivity contribution >= 4 is 5.91 Å². The highest BCUT2D eigenvalue weighted by Crippen LogP contribution is 2.22. The smallest absolute Gasteiger partial charge is 0.220 e. The molecule has 0 aliphatic carbocycles. The Kier molecular flexibility index (Phi) is 6.85. The van der Waals surface area contributed by atoms with Gasteiger partial charge in [0.05, 0.1) is 12.6 Å². The maximum absolute atomic E-state index is 12.6. The number of amides is 1. The molecule has 0 fully saturated rings. The number of rotatable bonds is 8. The van der Waals surface area contributed by atoms with Crippen LogP contribution in [0.3, 0.4) is 0 Å². The second kappa shape index (κ2) is 9.75. The van der Waals surface area contributed by atoms with Gasteiger partial charge in [-0.15, -0.1) is 0 Å². The van der Waals surface area contributed by atoms with Crippen LogP contribution in [0, 0.1) is 13.8 Å². The fourth-order valence-electron chi connectivity index (χ4n) is 3.05. The summed E-state index contributed by atoms with van der Waals surface area (Å²) in [4.78, 5) is 12.6. The molecule has 0 aliphatic rings. The van der Waals surface area contributed by atoms with E-state index in [1.54, 1.807) is 0 Å². The summed E-state index contributed by atoms with van der Waals surface area (Å²) in [6, 6.07) is 26.2. The average Bonchev–Trinajstić information content (AvgIpc) is 2.72. The summed E-state index contributed by atoms with van der Waals surface area (Å²) in [5.41, 5.74) is 4.57. The Morgan fingerprint density at radius 3 is 2.04 bits per heavy atom. The molecule has 0 saturated heterocycles. The summed E-state index contributed by atoms with van der Waals surface area (Å²) in [7, 11) is 0. The zero-order valence-electron chi connectivity index (χ0n) is 16.5. The largest absolute Gasteiger partial charge is 0.494 e. The molecule has 1 atom stereocenters. The Morgan fingerprint density at radius 2 is 1.39 bits per heavy atom. The van der Waals surface area contributed by atoms with E-state index < -0.39 is 0 Å². The van der Waals surface area contributed by atoms with Crippen LogP contribution in [0.1, 0.15) is 41.1 Å². The topological polar surface area (TPSA) is 38.3 Å². The molecular weight excluding hydrogens is 346 g/mol. The number of ether oxygens (including phenoxy) is 1. The Bertz CT molecular complexity index is 871. The standard InChI is InChI=1S/C25H27NO2/c1-19-10-14-22(15-11-19)25(21-7-4-3-5-8-21)26-24(27)9-6-18-28-23-16-12-20(2)13-17-23/h3-5,7-8,10-17,25H,6,9,18H2,1-2H3,(H,26,27)/t25-/m1/s1. The summed E-state index contributed by atoms with van der Waals surface area (Å²) >= 11 is 0. The normalized spacial score (nSPS) is 11.6. The molecule has 28 heavy (non-hydrogen) atoms. The van der Waals surface area contributed by atoms with E-state index in [4.69, 9.17) is 4.74 Å². The second-order valence-electron chi connectivity index (χ2n) is 7.09. The lowest BCUT2D eigenvalue weighted by Crippen LogP contribution is -2.29. The minimum absolute atomic E-state index is 0.0296. The van der Waals surface area contributed by atoms with Crippen molar-refractivity contribution in [1.82, 2.24) is 5.32 Å². The van der Waals surface area contributed by atoms with E-state index >= 15 is 0 Å². The molecule has 3 rings (SSSR count). The predicted molar refractivity (Wildman–Crippen MR) is 114 cm³/mol. The SMILES string of the molecule is Cc1ccc(OCCCC(=O)N[C@H](c2ccccc2)c2ccc(C)cc2)cc1.